The summed E-state index contributed by atoms with van der Waals surface area (Å²) in [6, 6.07) is 14.6. The Kier molecular flexibility index (Phi) is 7.02. The molecule has 7 nitrogen and oxygen atoms in total. The van der Waals surface area contributed by atoms with Gasteiger partial charge in [-0.3, -0.25) is 20.4 Å². The van der Waals surface area contributed by atoms with Crippen LogP contribution >= 0.6 is 23.4 Å². The van der Waals surface area contributed by atoms with E-state index in [0.29, 0.717) is 15.7 Å². The molecule has 2 amide bonds. The van der Waals surface area contributed by atoms with Crippen LogP contribution in [-0.4, -0.2) is 32.3 Å². The summed E-state index contributed by atoms with van der Waals surface area (Å²) in [6.07, 6.45) is 0. The quantitative estimate of drug-likeness (QED) is 0.446. The summed E-state index contributed by atoms with van der Waals surface area (Å²) in [6.45, 7) is 6.51. The first-order valence-electron chi connectivity index (χ1n) is 9.63. The molecule has 0 radical (unpaired) electrons. The van der Waals surface area contributed by atoms with Gasteiger partial charge in [0.05, 0.1) is 5.75 Å². The number of carbonyl (C=O) groups excluding carboxylic acids is 2. The minimum Gasteiger partial charge on any atom is -0.305 e. The molecule has 31 heavy (non-hydrogen) atoms. The fraction of sp³-hybridized carbons (Fsp3) is 0.273. The van der Waals surface area contributed by atoms with Crippen LogP contribution in [-0.2, 0) is 17.3 Å². The fourth-order valence-electron chi connectivity index (χ4n) is 2.78. The molecule has 0 saturated heterocycles. The lowest BCUT2D eigenvalue weighted by molar-refractivity contribution is -0.119. The lowest BCUT2D eigenvalue weighted by Gasteiger charge is -2.19. The number of hydrogen-bond donors (Lipinski definition) is 2. The Labute approximate surface area is 190 Å². The molecule has 0 aliphatic carbocycles. The minimum absolute atomic E-state index is 0.0791. The first-order chi connectivity index (χ1) is 14.6. The maximum Gasteiger partial charge on any atom is 0.269 e. The normalized spacial score (nSPS) is 11.3. The smallest absolute Gasteiger partial charge is 0.269 e. The zero-order valence-electron chi connectivity index (χ0n) is 17.8. The van der Waals surface area contributed by atoms with Crippen LogP contribution in [0.3, 0.4) is 0 Å². The minimum atomic E-state index is -0.422. The van der Waals surface area contributed by atoms with E-state index in [4.69, 9.17) is 11.6 Å². The van der Waals surface area contributed by atoms with Crippen molar-refractivity contribution in [1.29, 1.82) is 0 Å². The molecule has 0 fully saturated rings. The van der Waals surface area contributed by atoms with Gasteiger partial charge in [0.15, 0.2) is 11.0 Å². The van der Waals surface area contributed by atoms with Crippen molar-refractivity contribution in [2.45, 2.75) is 31.3 Å². The summed E-state index contributed by atoms with van der Waals surface area (Å²) in [5.41, 5.74) is 7.44. The van der Waals surface area contributed by atoms with E-state index >= 15 is 0 Å². The molecule has 162 valence electrons. The van der Waals surface area contributed by atoms with E-state index < -0.39 is 5.91 Å². The number of nitrogens with one attached hydrogen (secondary N) is 2. The lowest BCUT2D eigenvalue weighted by atomic mass is 9.87. The molecule has 2 N–H and O–H groups in total. The molecule has 0 spiro atoms. The van der Waals surface area contributed by atoms with Gasteiger partial charge in [0.1, 0.15) is 0 Å². The topological polar surface area (TPSA) is 88.9 Å². The predicted octanol–water partition coefficient (Wildman–Crippen LogP) is 3.99. The summed E-state index contributed by atoms with van der Waals surface area (Å²) in [4.78, 5) is 24.1. The summed E-state index contributed by atoms with van der Waals surface area (Å²) in [7, 11) is 1.86. The Hall–Kier alpha value is -2.84. The van der Waals surface area contributed by atoms with Gasteiger partial charge >= 0.3 is 0 Å². The van der Waals surface area contributed by atoms with Crippen LogP contribution < -0.4 is 10.9 Å². The molecule has 0 aliphatic rings. The fourth-order valence-corrected chi connectivity index (χ4v) is 3.61. The molecule has 0 unspecified atom stereocenters. The highest BCUT2D eigenvalue weighted by Gasteiger charge is 2.16. The van der Waals surface area contributed by atoms with E-state index in [2.05, 4.69) is 54.0 Å². The SMILES string of the molecule is Cn1c(SCC(=O)NNC(=O)c2ccc(Cl)cc2)nnc1-c1ccc(C(C)(C)C)cc1. The Morgan fingerprint density at radius 1 is 1.00 bits per heavy atom. The summed E-state index contributed by atoms with van der Waals surface area (Å²) in [5.74, 6) is 0.0241. The number of benzene rings is 2. The number of aromatic nitrogens is 3. The molecular formula is C22H24ClN5O2S. The number of halogens is 1. The highest BCUT2D eigenvalue weighted by atomic mass is 35.5. The van der Waals surface area contributed by atoms with Crippen molar-refractivity contribution < 1.29 is 9.59 Å². The van der Waals surface area contributed by atoms with Crippen LogP contribution in [0, 0.1) is 0 Å². The zero-order chi connectivity index (χ0) is 22.6. The van der Waals surface area contributed by atoms with Crippen LogP contribution in [0.25, 0.3) is 11.4 Å². The molecule has 2 aromatic carbocycles. The second-order valence-electron chi connectivity index (χ2n) is 7.99. The molecule has 1 heterocycles. The van der Waals surface area contributed by atoms with Crippen molar-refractivity contribution >= 4 is 35.2 Å². The number of thioether (sulfide) groups is 1. The molecule has 0 aliphatic heterocycles. The van der Waals surface area contributed by atoms with E-state index in [1.54, 1.807) is 24.3 Å². The molecule has 1 aromatic heterocycles. The van der Waals surface area contributed by atoms with E-state index in [1.165, 1.54) is 17.3 Å². The highest BCUT2D eigenvalue weighted by Crippen LogP contribution is 2.26. The third-order valence-corrected chi connectivity index (χ3v) is 5.87. The Bertz CT molecular complexity index is 1070. The Morgan fingerprint density at radius 2 is 1.65 bits per heavy atom. The second-order valence-corrected chi connectivity index (χ2v) is 9.37. The van der Waals surface area contributed by atoms with E-state index in [9.17, 15) is 9.59 Å². The number of amides is 2. The van der Waals surface area contributed by atoms with Gasteiger partial charge in [-0.2, -0.15) is 0 Å². The van der Waals surface area contributed by atoms with Crippen LogP contribution in [0.1, 0.15) is 36.7 Å². The third-order valence-electron chi connectivity index (χ3n) is 4.60. The van der Waals surface area contributed by atoms with Crippen molar-refractivity contribution in [2.24, 2.45) is 7.05 Å². The monoisotopic (exact) mass is 457 g/mol. The summed E-state index contributed by atoms with van der Waals surface area (Å²) in [5, 5.41) is 9.58. The highest BCUT2D eigenvalue weighted by molar-refractivity contribution is 7.99. The predicted molar refractivity (Wildman–Crippen MR) is 123 cm³/mol. The average molecular weight is 458 g/mol. The van der Waals surface area contributed by atoms with Crippen molar-refractivity contribution in [3.63, 3.8) is 0 Å². The molecule has 0 saturated carbocycles. The number of nitrogens with zero attached hydrogens (tertiary/aromatic N) is 3. The first kappa shape index (κ1) is 22.8. The van der Waals surface area contributed by atoms with Crippen molar-refractivity contribution in [3.8, 4) is 11.4 Å². The average Bonchev–Trinajstić information content (AvgIpc) is 3.10. The van der Waals surface area contributed by atoms with E-state index in [-0.39, 0.29) is 17.1 Å². The third kappa shape index (κ3) is 5.86. The largest absolute Gasteiger partial charge is 0.305 e. The molecular weight excluding hydrogens is 434 g/mol. The second kappa shape index (κ2) is 9.53. The molecule has 3 aromatic rings. The number of carbonyl (C=O) groups is 2. The van der Waals surface area contributed by atoms with Crippen molar-refractivity contribution in [3.05, 3.63) is 64.7 Å². The molecule has 3 rings (SSSR count). The first-order valence-corrected chi connectivity index (χ1v) is 11.0. The maximum absolute atomic E-state index is 12.1. The van der Waals surface area contributed by atoms with E-state index in [0.717, 1.165) is 11.4 Å². The maximum atomic E-state index is 12.1. The number of hydrogen-bond acceptors (Lipinski definition) is 5. The van der Waals surface area contributed by atoms with Gasteiger partial charge in [-0.05, 0) is 35.2 Å². The lowest BCUT2D eigenvalue weighted by Crippen LogP contribution is -2.42. The van der Waals surface area contributed by atoms with Gasteiger partial charge in [0.25, 0.3) is 5.91 Å². The summed E-state index contributed by atoms with van der Waals surface area (Å²) >= 11 is 7.04. The standard InChI is InChI=1S/C22H24ClN5O2S/c1-22(2,3)16-9-5-14(6-10-16)19-25-27-21(28(19)4)31-13-18(29)24-26-20(30)15-7-11-17(23)12-8-15/h5-12H,13H2,1-4H3,(H,24,29)(H,26,30). The van der Waals surface area contributed by atoms with Crippen LogP contribution in [0.15, 0.2) is 53.7 Å². The van der Waals surface area contributed by atoms with Gasteiger partial charge in [-0.15, -0.1) is 10.2 Å². The van der Waals surface area contributed by atoms with Crippen molar-refractivity contribution in [1.82, 2.24) is 25.6 Å². The van der Waals surface area contributed by atoms with Crippen LogP contribution in [0.4, 0.5) is 0 Å². The van der Waals surface area contributed by atoms with E-state index in [1.807, 2.05) is 23.7 Å². The van der Waals surface area contributed by atoms with Crippen LogP contribution in [0.5, 0.6) is 0 Å². The Balaban J connectivity index is 1.55. The van der Waals surface area contributed by atoms with Gasteiger partial charge in [0.2, 0.25) is 5.91 Å². The van der Waals surface area contributed by atoms with Crippen molar-refractivity contribution in [2.75, 3.05) is 5.75 Å². The number of hydrazine groups is 1. The Morgan fingerprint density at radius 3 is 2.26 bits per heavy atom. The summed E-state index contributed by atoms with van der Waals surface area (Å²) < 4.78 is 1.84. The van der Waals surface area contributed by atoms with Crippen LogP contribution in [0.2, 0.25) is 5.02 Å². The molecule has 0 bridgehead atoms. The molecule has 0 atom stereocenters. The van der Waals surface area contributed by atoms with Gasteiger partial charge < -0.3 is 4.57 Å². The van der Waals surface area contributed by atoms with Gasteiger partial charge in [0, 0.05) is 23.2 Å². The zero-order valence-corrected chi connectivity index (χ0v) is 19.3. The molecule has 9 heteroatoms. The number of rotatable bonds is 5. The van der Waals surface area contributed by atoms with Gasteiger partial charge in [-0.25, -0.2) is 0 Å². The van der Waals surface area contributed by atoms with Gasteiger partial charge in [-0.1, -0.05) is 68.4 Å².